The minimum Gasteiger partial charge on any atom is -0.508 e. The highest BCUT2D eigenvalue weighted by Gasteiger charge is 2.07. The van der Waals surface area contributed by atoms with Crippen molar-refractivity contribution in [3.05, 3.63) is 12.1 Å². The van der Waals surface area contributed by atoms with Crippen LogP contribution in [0.15, 0.2) is 12.1 Å². The van der Waals surface area contributed by atoms with E-state index >= 15 is 0 Å². The number of rotatable bonds is 2. The lowest BCUT2D eigenvalue weighted by atomic mass is 10.2. The molecule has 1 aromatic carbocycles. The number of carbonyl (C=O) groups excluding carboxylic acids is 1. The van der Waals surface area contributed by atoms with Crippen LogP contribution in [0.2, 0.25) is 0 Å². The summed E-state index contributed by atoms with van der Waals surface area (Å²) in [5.41, 5.74) is -0.122. The predicted octanol–water partition coefficient (Wildman–Crippen LogP) is 0.372. The van der Waals surface area contributed by atoms with Crippen LogP contribution in [-0.2, 0) is 4.79 Å². The van der Waals surface area contributed by atoms with Gasteiger partial charge in [0.25, 0.3) is 0 Å². The molecule has 5 heteroatoms. The number of nitrogens with one attached hydrogen (secondary N) is 1. The fraction of sp³-hybridized carbons (Fsp3) is 0. The number of hydrogen-bond acceptors (Lipinski definition) is 4. The second-order valence-electron chi connectivity index (χ2n) is 2.12. The third-order valence-corrected chi connectivity index (χ3v) is 1.28. The molecular weight excluding hydrogens is 162 g/mol. The van der Waals surface area contributed by atoms with Gasteiger partial charge in [-0.2, -0.15) is 0 Å². The summed E-state index contributed by atoms with van der Waals surface area (Å²) in [5, 5.41) is 29.1. The highest BCUT2D eigenvalue weighted by molar-refractivity contribution is 5.80. The zero-order chi connectivity index (χ0) is 9.14. The molecule has 1 amide bonds. The molecule has 0 saturated heterocycles. The molecule has 4 N–H and O–H groups in total. The van der Waals surface area contributed by atoms with Crippen LogP contribution >= 0.6 is 0 Å². The Morgan fingerprint density at radius 2 is 1.67 bits per heavy atom. The highest BCUT2D eigenvalue weighted by atomic mass is 16.3. The molecule has 0 heterocycles. The van der Waals surface area contributed by atoms with E-state index in [1.807, 2.05) is 0 Å². The monoisotopic (exact) mass is 169 g/mol. The number of carbonyl (C=O) groups is 1. The van der Waals surface area contributed by atoms with Crippen molar-refractivity contribution in [2.45, 2.75) is 0 Å². The van der Waals surface area contributed by atoms with E-state index in [2.05, 4.69) is 5.32 Å². The number of phenolic OH excluding ortho intramolecular Hbond substituents is 3. The molecule has 0 atom stereocenters. The molecule has 0 radical (unpaired) electrons. The van der Waals surface area contributed by atoms with Gasteiger partial charge in [-0.3, -0.25) is 4.79 Å². The van der Waals surface area contributed by atoms with Crippen molar-refractivity contribution in [2.75, 3.05) is 5.32 Å². The van der Waals surface area contributed by atoms with Gasteiger partial charge < -0.3 is 20.6 Å². The van der Waals surface area contributed by atoms with Crippen LogP contribution < -0.4 is 5.32 Å². The first-order valence-corrected chi connectivity index (χ1v) is 3.10. The molecule has 1 aromatic rings. The molecule has 12 heavy (non-hydrogen) atoms. The Kier molecular flexibility index (Phi) is 2.05. The number of benzene rings is 1. The molecule has 1 rings (SSSR count). The zero-order valence-corrected chi connectivity index (χ0v) is 5.98. The van der Waals surface area contributed by atoms with E-state index in [4.69, 9.17) is 15.3 Å². The minimum atomic E-state index is -0.389. The molecule has 64 valence electrons. The van der Waals surface area contributed by atoms with Crippen molar-refractivity contribution in [3.63, 3.8) is 0 Å². The lowest BCUT2D eigenvalue weighted by Crippen LogP contribution is -1.94. The SMILES string of the molecule is O=CNc1c(O)cc(O)cc1O. The van der Waals surface area contributed by atoms with E-state index in [0.29, 0.717) is 6.41 Å². The van der Waals surface area contributed by atoms with Gasteiger partial charge >= 0.3 is 0 Å². The summed E-state index contributed by atoms with van der Waals surface area (Å²) >= 11 is 0. The summed E-state index contributed by atoms with van der Waals surface area (Å²) in [5.74, 6) is -1.05. The summed E-state index contributed by atoms with van der Waals surface area (Å²) in [6, 6.07) is 2.01. The second kappa shape index (κ2) is 3.00. The van der Waals surface area contributed by atoms with Crippen LogP contribution in [0.4, 0.5) is 5.69 Å². The highest BCUT2D eigenvalue weighted by Crippen LogP contribution is 2.36. The first kappa shape index (κ1) is 8.19. The van der Waals surface area contributed by atoms with E-state index in [9.17, 15) is 4.79 Å². The average molecular weight is 169 g/mol. The van der Waals surface area contributed by atoms with Crippen LogP contribution in [0.3, 0.4) is 0 Å². The van der Waals surface area contributed by atoms with Gasteiger partial charge in [0.15, 0.2) is 0 Å². The number of amides is 1. The maximum atomic E-state index is 9.97. The molecule has 0 aromatic heterocycles. The Labute approximate surface area is 67.9 Å². The van der Waals surface area contributed by atoms with E-state index in [1.54, 1.807) is 0 Å². The Balaban J connectivity index is 3.18. The van der Waals surface area contributed by atoms with Crippen molar-refractivity contribution in [2.24, 2.45) is 0 Å². The largest absolute Gasteiger partial charge is 0.508 e. The first-order chi connectivity index (χ1) is 5.65. The average Bonchev–Trinajstić information content (AvgIpc) is 1.96. The normalized spacial score (nSPS) is 9.33. The molecule has 0 aliphatic rings. The van der Waals surface area contributed by atoms with E-state index in [1.165, 1.54) is 0 Å². The molecule has 0 saturated carbocycles. The summed E-state index contributed by atoms with van der Waals surface area (Å²) in [4.78, 5) is 9.97. The van der Waals surface area contributed by atoms with Crippen molar-refractivity contribution in [1.82, 2.24) is 0 Å². The maximum Gasteiger partial charge on any atom is 0.211 e. The Morgan fingerprint density at radius 3 is 2.08 bits per heavy atom. The maximum absolute atomic E-state index is 9.97. The van der Waals surface area contributed by atoms with Crippen molar-refractivity contribution < 1.29 is 20.1 Å². The van der Waals surface area contributed by atoms with Gasteiger partial charge in [0.1, 0.15) is 22.9 Å². The van der Waals surface area contributed by atoms with Gasteiger partial charge in [0.2, 0.25) is 6.41 Å². The van der Waals surface area contributed by atoms with Crippen molar-refractivity contribution in [1.29, 1.82) is 0 Å². The Morgan fingerprint density at radius 1 is 1.17 bits per heavy atom. The molecule has 5 nitrogen and oxygen atoms in total. The number of hydrogen-bond donors (Lipinski definition) is 4. The smallest absolute Gasteiger partial charge is 0.211 e. The third-order valence-electron chi connectivity index (χ3n) is 1.28. The molecule has 0 spiro atoms. The standard InChI is InChI=1S/C7H7NO4/c9-3-8-7-5(11)1-4(10)2-6(7)12/h1-3,10-12H,(H,8,9). The fourth-order valence-corrected chi connectivity index (χ4v) is 0.804. The molecule has 0 bridgehead atoms. The summed E-state index contributed by atoms with van der Waals surface area (Å²) in [6.45, 7) is 0. The van der Waals surface area contributed by atoms with Crippen LogP contribution in [0.5, 0.6) is 17.2 Å². The van der Waals surface area contributed by atoms with E-state index in [-0.39, 0.29) is 22.9 Å². The lowest BCUT2D eigenvalue weighted by molar-refractivity contribution is -0.105. The topological polar surface area (TPSA) is 89.8 Å². The van der Waals surface area contributed by atoms with Crippen LogP contribution in [0.1, 0.15) is 0 Å². The number of aromatic hydroxyl groups is 3. The van der Waals surface area contributed by atoms with E-state index in [0.717, 1.165) is 12.1 Å². The molecule has 0 aliphatic heterocycles. The number of phenols is 3. The lowest BCUT2D eigenvalue weighted by Gasteiger charge is -2.05. The minimum absolute atomic E-state index is 0.122. The molecule has 0 unspecified atom stereocenters. The Bertz CT molecular complexity index is 287. The van der Waals surface area contributed by atoms with Crippen molar-refractivity contribution >= 4 is 12.1 Å². The Hall–Kier alpha value is -1.91. The van der Waals surface area contributed by atoms with Gasteiger partial charge in [-0.1, -0.05) is 0 Å². The van der Waals surface area contributed by atoms with Gasteiger partial charge in [-0.25, -0.2) is 0 Å². The van der Waals surface area contributed by atoms with Crippen LogP contribution in [-0.4, -0.2) is 21.7 Å². The summed E-state index contributed by atoms with van der Waals surface area (Å²) in [7, 11) is 0. The summed E-state index contributed by atoms with van der Waals surface area (Å²) in [6.07, 6.45) is 0.311. The predicted molar refractivity (Wildman–Crippen MR) is 41.1 cm³/mol. The quantitative estimate of drug-likeness (QED) is 0.292. The molecule has 0 fully saturated rings. The second-order valence-corrected chi connectivity index (χ2v) is 2.12. The fourth-order valence-electron chi connectivity index (χ4n) is 0.804. The van der Waals surface area contributed by atoms with Gasteiger partial charge in [0.05, 0.1) is 0 Å². The van der Waals surface area contributed by atoms with Gasteiger partial charge in [0, 0.05) is 12.1 Å². The van der Waals surface area contributed by atoms with Crippen LogP contribution in [0.25, 0.3) is 0 Å². The number of anilines is 1. The van der Waals surface area contributed by atoms with Gasteiger partial charge in [-0.05, 0) is 0 Å². The van der Waals surface area contributed by atoms with Crippen molar-refractivity contribution in [3.8, 4) is 17.2 Å². The molecular formula is C7H7NO4. The van der Waals surface area contributed by atoms with E-state index < -0.39 is 0 Å². The van der Waals surface area contributed by atoms with Gasteiger partial charge in [-0.15, -0.1) is 0 Å². The summed E-state index contributed by atoms with van der Waals surface area (Å²) < 4.78 is 0. The zero-order valence-electron chi connectivity index (χ0n) is 5.98. The third kappa shape index (κ3) is 1.39. The molecule has 0 aliphatic carbocycles. The van der Waals surface area contributed by atoms with Crippen LogP contribution in [0, 0.1) is 0 Å². The first-order valence-electron chi connectivity index (χ1n) is 3.10.